The second-order valence-corrected chi connectivity index (χ2v) is 6.70. The van der Waals surface area contributed by atoms with Gasteiger partial charge >= 0.3 is 8.56 Å². The summed E-state index contributed by atoms with van der Waals surface area (Å²) in [5.74, 6) is 0.555. The molecule has 0 saturated heterocycles. The predicted octanol–water partition coefficient (Wildman–Crippen LogP) is 2.52. The molecule has 0 aromatic carbocycles. The van der Waals surface area contributed by atoms with Gasteiger partial charge in [0.15, 0.2) is 0 Å². The molecule has 0 aromatic rings. The molecular formula is C7H16Cl2O2Si. The van der Waals surface area contributed by atoms with Crippen molar-refractivity contribution in [2.75, 3.05) is 24.6 Å². The van der Waals surface area contributed by atoms with Crippen molar-refractivity contribution >= 4 is 31.8 Å². The van der Waals surface area contributed by atoms with Crippen molar-refractivity contribution in [2.45, 2.75) is 19.9 Å². The minimum Gasteiger partial charge on any atom is -0.394 e. The van der Waals surface area contributed by atoms with Crippen molar-refractivity contribution in [3.8, 4) is 0 Å². The van der Waals surface area contributed by atoms with Crippen LogP contribution in [0.15, 0.2) is 0 Å². The first-order valence-corrected chi connectivity index (χ1v) is 7.44. The molecule has 12 heavy (non-hydrogen) atoms. The SMILES string of the molecule is CCO[Si](CCl)(CCCl)OCC. The molecular weight excluding hydrogens is 215 g/mol. The molecule has 0 aliphatic carbocycles. The summed E-state index contributed by atoms with van der Waals surface area (Å²) in [4.78, 5) is 0. The summed E-state index contributed by atoms with van der Waals surface area (Å²) in [5.41, 5.74) is 0.460. The average molecular weight is 231 g/mol. The fourth-order valence-corrected chi connectivity index (χ4v) is 4.73. The van der Waals surface area contributed by atoms with Gasteiger partial charge in [-0.1, -0.05) is 0 Å². The van der Waals surface area contributed by atoms with Crippen LogP contribution in [0.1, 0.15) is 13.8 Å². The molecule has 0 saturated carbocycles. The molecule has 5 heteroatoms. The summed E-state index contributed by atoms with van der Waals surface area (Å²) >= 11 is 11.5. The maximum atomic E-state index is 5.81. The van der Waals surface area contributed by atoms with E-state index >= 15 is 0 Å². The van der Waals surface area contributed by atoms with Crippen LogP contribution in [0.25, 0.3) is 0 Å². The monoisotopic (exact) mass is 230 g/mol. The second-order valence-electron chi connectivity index (χ2n) is 2.35. The normalized spacial score (nSPS) is 12.0. The van der Waals surface area contributed by atoms with Crippen molar-refractivity contribution in [3.63, 3.8) is 0 Å². The van der Waals surface area contributed by atoms with Crippen molar-refractivity contribution in [2.24, 2.45) is 0 Å². The topological polar surface area (TPSA) is 18.5 Å². The third-order valence-electron chi connectivity index (χ3n) is 1.49. The van der Waals surface area contributed by atoms with E-state index in [-0.39, 0.29) is 0 Å². The van der Waals surface area contributed by atoms with Crippen LogP contribution in [0.4, 0.5) is 0 Å². The molecule has 0 aliphatic rings. The number of rotatable bonds is 7. The van der Waals surface area contributed by atoms with Gasteiger partial charge in [-0.05, 0) is 13.8 Å². The van der Waals surface area contributed by atoms with E-state index in [4.69, 9.17) is 32.1 Å². The van der Waals surface area contributed by atoms with Gasteiger partial charge in [0, 0.05) is 25.1 Å². The highest BCUT2D eigenvalue weighted by Crippen LogP contribution is 2.16. The molecule has 0 spiro atoms. The summed E-state index contributed by atoms with van der Waals surface area (Å²) in [6, 6.07) is 0.764. The largest absolute Gasteiger partial charge is 0.394 e. The van der Waals surface area contributed by atoms with Crippen LogP contribution in [0, 0.1) is 0 Å². The lowest BCUT2D eigenvalue weighted by Gasteiger charge is -2.26. The van der Waals surface area contributed by atoms with Crippen molar-refractivity contribution in [1.29, 1.82) is 0 Å². The van der Waals surface area contributed by atoms with Crippen LogP contribution in [-0.2, 0) is 8.85 Å². The smallest absolute Gasteiger partial charge is 0.354 e. The Bertz CT molecular complexity index is 96.6. The second kappa shape index (κ2) is 7.15. The molecule has 0 unspecified atom stereocenters. The van der Waals surface area contributed by atoms with E-state index in [0.717, 1.165) is 6.04 Å². The van der Waals surface area contributed by atoms with E-state index in [1.165, 1.54) is 0 Å². The lowest BCUT2D eigenvalue weighted by atomic mass is 10.9. The Kier molecular flexibility index (Phi) is 7.58. The molecule has 2 nitrogen and oxygen atoms in total. The summed E-state index contributed by atoms with van der Waals surface area (Å²) in [6.45, 7) is 5.19. The Morgan fingerprint density at radius 2 is 1.58 bits per heavy atom. The quantitative estimate of drug-likeness (QED) is 0.495. The molecule has 74 valence electrons. The zero-order valence-corrected chi connectivity index (χ0v) is 10.1. The van der Waals surface area contributed by atoms with Gasteiger partial charge < -0.3 is 8.85 Å². The standard InChI is InChI=1S/C7H16Cl2O2Si/c1-3-10-12(7-9,6-5-8)11-4-2/h3-7H2,1-2H3. The van der Waals surface area contributed by atoms with E-state index in [1.807, 2.05) is 13.8 Å². The van der Waals surface area contributed by atoms with Crippen molar-refractivity contribution in [1.82, 2.24) is 0 Å². The Morgan fingerprint density at radius 3 is 1.83 bits per heavy atom. The lowest BCUT2D eigenvalue weighted by molar-refractivity contribution is 0.189. The Morgan fingerprint density at radius 1 is 1.08 bits per heavy atom. The van der Waals surface area contributed by atoms with E-state index in [0.29, 0.717) is 24.6 Å². The lowest BCUT2D eigenvalue weighted by Crippen LogP contribution is -2.45. The van der Waals surface area contributed by atoms with Crippen molar-refractivity contribution < 1.29 is 8.85 Å². The first-order valence-electron chi connectivity index (χ1n) is 4.14. The summed E-state index contributed by atoms with van der Waals surface area (Å²) in [6.07, 6.45) is 0. The molecule has 0 N–H and O–H groups in total. The summed E-state index contributed by atoms with van der Waals surface area (Å²) < 4.78 is 11.1. The van der Waals surface area contributed by atoms with E-state index in [9.17, 15) is 0 Å². The molecule has 0 rings (SSSR count). The van der Waals surface area contributed by atoms with Gasteiger partial charge in [-0.3, -0.25) is 0 Å². The molecule has 0 fully saturated rings. The van der Waals surface area contributed by atoms with Gasteiger partial charge in [-0.15, -0.1) is 23.2 Å². The minimum atomic E-state index is -2.14. The van der Waals surface area contributed by atoms with Crippen LogP contribution in [0.5, 0.6) is 0 Å². The van der Waals surface area contributed by atoms with E-state index in [2.05, 4.69) is 0 Å². The first kappa shape index (κ1) is 12.7. The van der Waals surface area contributed by atoms with Gasteiger partial charge in [0.05, 0.1) is 5.50 Å². The van der Waals surface area contributed by atoms with Gasteiger partial charge in [-0.2, -0.15) is 0 Å². The zero-order chi connectivity index (χ0) is 9.45. The van der Waals surface area contributed by atoms with Crippen LogP contribution in [-0.4, -0.2) is 33.2 Å². The van der Waals surface area contributed by atoms with Crippen LogP contribution in [0.3, 0.4) is 0 Å². The Balaban J connectivity index is 4.06. The molecule has 0 amide bonds. The van der Waals surface area contributed by atoms with Crippen LogP contribution in [0.2, 0.25) is 6.04 Å². The number of hydrogen-bond acceptors (Lipinski definition) is 2. The van der Waals surface area contributed by atoms with Gasteiger partial charge in [0.2, 0.25) is 0 Å². The number of hydrogen-bond donors (Lipinski definition) is 0. The third kappa shape index (κ3) is 4.10. The van der Waals surface area contributed by atoms with Crippen molar-refractivity contribution in [3.05, 3.63) is 0 Å². The summed E-state index contributed by atoms with van der Waals surface area (Å²) in [7, 11) is -2.14. The Hall–Kier alpha value is 0.717. The Labute approximate surface area is 85.4 Å². The van der Waals surface area contributed by atoms with Crippen LogP contribution >= 0.6 is 23.2 Å². The fraction of sp³-hybridized carbons (Fsp3) is 1.00. The molecule has 0 radical (unpaired) electrons. The van der Waals surface area contributed by atoms with Crippen LogP contribution < -0.4 is 0 Å². The molecule has 0 heterocycles. The van der Waals surface area contributed by atoms with E-state index < -0.39 is 8.56 Å². The average Bonchev–Trinajstić information content (AvgIpc) is 2.06. The highest BCUT2D eigenvalue weighted by Gasteiger charge is 2.35. The molecule has 0 aliphatic heterocycles. The maximum absolute atomic E-state index is 5.81. The summed E-state index contributed by atoms with van der Waals surface area (Å²) in [5, 5.41) is 0. The molecule has 0 aromatic heterocycles. The number of alkyl halides is 2. The van der Waals surface area contributed by atoms with Gasteiger partial charge in [0.1, 0.15) is 0 Å². The minimum absolute atomic E-state index is 0.460. The third-order valence-corrected chi connectivity index (χ3v) is 6.27. The highest BCUT2D eigenvalue weighted by atomic mass is 35.5. The predicted molar refractivity (Wildman–Crippen MR) is 55.3 cm³/mol. The molecule has 0 atom stereocenters. The van der Waals surface area contributed by atoms with Gasteiger partial charge in [0.25, 0.3) is 0 Å². The van der Waals surface area contributed by atoms with Gasteiger partial charge in [-0.25, -0.2) is 0 Å². The van der Waals surface area contributed by atoms with E-state index in [1.54, 1.807) is 0 Å². The zero-order valence-electron chi connectivity index (χ0n) is 7.61. The number of halogens is 2. The fourth-order valence-electron chi connectivity index (χ4n) is 1.00. The maximum Gasteiger partial charge on any atom is 0.354 e. The first-order chi connectivity index (χ1) is 5.74. The molecule has 0 bridgehead atoms. The highest BCUT2D eigenvalue weighted by molar-refractivity contribution is 6.75.